The molecule has 0 spiro atoms. The topological polar surface area (TPSA) is 47.6 Å². The number of ether oxygens (including phenoxy) is 1. The van der Waals surface area contributed by atoms with E-state index in [4.69, 9.17) is 9.16 Å². The van der Waals surface area contributed by atoms with Gasteiger partial charge in [-0.2, -0.15) is 0 Å². The maximum atomic E-state index is 12.3. The lowest BCUT2D eigenvalue weighted by Gasteiger charge is -2.39. The van der Waals surface area contributed by atoms with E-state index in [-0.39, 0.29) is 15.9 Å². The summed E-state index contributed by atoms with van der Waals surface area (Å²) in [5, 5.41) is 0.0983. The number of hydrogen-bond donors (Lipinski definition) is 1. The molecule has 0 heterocycles. The van der Waals surface area contributed by atoms with Gasteiger partial charge in [0.05, 0.1) is 21.8 Å². The van der Waals surface area contributed by atoms with Crippen LogP contribution >= 0.6 is 0 Å². The van der Waals surface area contributed by atoms with Crippen LogP contribution in [0.25, 0.3) is 0 Å². The van der Waals surface area contributed by atoms with Gasteiger partial charge in [0.1, 0.15) is 6.61 Å². The molecule has 0 aliphatic rings. The third-order valence-electron chi connectivity index (χ3n) is 4.31. The molecule has 25 heavy (non-hydrogen) atoms. The third kappa shape index (κ3) is 7.49. The van der Waals surface area contributed by atoms with Gasteiger partial charge in [-0.05, 0) is 63.2 Å². The van der Waals surface area contributed by atoms with E-state index in [0.29, 0.717) is 18.9 Å². The van der Waals surface area contributed by atoms with Crippen LogP contribution in [0.4, 0.5) is 0 Å². The third-order valence-corrected chi connectivity index (χ3v) is 10.4. The Kier molecular flexibility index (Phi) is 7.69. The molecule has 1 N–H and O–H groups in total. The largest absolute Gasteiger partial charge is 0.483 e. The van der Waals surface area contributed by atoms with E-state index in [1.165, 1.54) is 0 Å². The Hall–Kier alpha value is -0.873. The van der Waals surface area contributed by atoms with Gasteiger partial charge in [-0.25, -0.2) is 8.93 Å². The Morgan fingerprint density at radius 1 is 1.24 bits per heavy atom. The second-order valence-corrected chi connectivity index (χ2v) is 15.5. The van der Waals surface area contributed by atoms with E-state index in [2.05, 4.69) is 50.7 Å². The average Bonchev–Trinajstić information content (AvgIpc) is 2.48. The first-order valence-corrected chi connectivity index (χ1v) is 12.7. The van der Waals surface area contributed by atoms with Crippen LogP contribution in [0.2, 0.25) is 18.1 Å². The fraction of sp³-hybridized carbons (Fsp3) is 0.684. The van der Waals surface area contributed by atoms with Gasteiger partial charge in [-0.1, -0.05) is 26.8 Å². The molecular weight excluding hydrogens is 350 g/mol. The molecular formula is C19H33NO3SSi. The zero-order valence-corrected chi connectivity index (χ0v) is 18.7. The van der Waals surface area contributed by atoms with Crippen molar-refractivity contribution in [2.75, 3.05) is 13.2 Å². The Balaban J connectivity index is 2.77. The second-order valence-electron chi connectivity index (χ2n) is 8.70. The number of hydrogen-bond acceptors (Lipinski definition) is 3. The molecule has 0 saturated heterocycles. The fourth-order valence-electron chi connectivity index (χ4n) is 1.72. The summed E-state index contributed by atoms with van der Waals surface area (Å²) in [5.41, 5.74) is 0. The maximum Gasteiger partial charge on any atom is 0.192 e. The van der Waals surface area contributed by atoms with E-state index in [1.807, 2.05) is 32.9 Å². The summed E-state index contributed by atoms with van der Waals surface area (Å²) >= 11 is 0. The Bertz CT molecular complexity index is 550. The van der Waals surface area contributed by atoms with Gasteiger partial charge in [0, 0.05) is 6.54 Å². The lowest BCUT2D eigenvalue weighted by Crippen LogP contribution is -2.49. The quantitative estimate of drug-likeness (QED) is 0.687. The van der Waals surface area contributed by atoms with Crippen LogP contribution in [0, 0.1) is 12.1 Å². The normalized spacial score (nSPS) is 15.4. The minimum Gasteiger partial charge on any atom is -0.483 e. The van der Waals surface area contributed by atoms with Crippen molar-refractivity contribution >= 4 is 19.3 Å². The van der Waals surface area contributed by atoms with Crippen molar-refractivity contribution in [1.29, 1.82) is 0 Å². The van der Waals surface area contributed by atoms with E-state index >= 15 is 0 Å². The molecule has 0 fully saturated rings. The first-order chi connectivity index (χ1) is 11.3. The Morgan fingerprint density at radius 2 is 1.88 bits per heavy atom. The number of rotatable bonds is 8. The summed E-state index contributed by atoms with van der Waals surface area (Å²) in [5.74, 6) is 0.642. The molecule has 142 valence electrons. The van der Waals surface area contributed by atoms with Gasteiger partial charge >= 0.3 is 0 Å². The molecule has 1 aromatic rings. The van der Waals surface area contributed by atoms with Crippen LogP contribution < -0.4 is 9.46 Å². The molecule has 1 aromatic carbocycles. The molecule has 4 nitrogen and oxygen atoms in total. The molecule has 0 bridgehead atoms. The predicted octanol–water partition coefficient (Wildman–Crippen LogP) is 4.11. The van der Waals surface area contributed by atoms with Crippen LogP contribution in [0.3, 0.4) is 0 Å². The van der Waals surface area contributed by atoms with Crippen LogP contribution in [0.5, 0.6) is 5.75 Å². The fourth-order valence-corrected chi connectivity index (χ4v) is 3.83. The second kappa shape index (κ2) is 8.68. The summed E-state index contributed by atoms with van der Waals surface area (Å²) in [6.45, 7) is 17.8. The molecule has 0 amide bonds. The minimum atomic E-state index is -1.96. The van der Waals surface area contributed by atoms with Gasteiger partial charge in [0.2, 0.25) is 0 Å². The summed E-state index contributed by atoms with van der Waals surface area (Å²) in [4.78, 5) is 0. The summed E-state index contributed by atoms with van der Waals surface area (Å²) in [6, 6.07) is 11.3. The van der Waals surface area contributed by atoms with Gasteiger partial charge < -0.3 is 9.16 Å². The molecule has 1 unspecified atom stereocenters. The van der Waals surface area contributed by atoms with E-state index in [1.54, 1.807) is 6.07 Å². The minimum absolute atomic E-state index is 0.0983. The smallest absolute Gasteiger partial charge is 0.192 e. The lowest BCUT2D eigenvalue weighted by molar-refractivity contribution is 0.118. The van der Waals surface area contributed by atoms with Crippen LogP contribution in [0.15, 0.2) is 18.2 Å². The van der Waals surface area contributed by atoms with Gasteiger partial charge in [-0.3, -0.25) is 0 Å². The Morgan fingerprint density at radius 3 is 2.36 bits per heavy atom. The molecule has 0 saturated carbocycles. The van der Waals surface area contributed by atoms with E-state index in [0.717, 1.165) is 0 Å². The summed E-state index contributed by atoms with van der Waals surface area (Å²) in [6.07, 6.45) is -0.180. The van der Waals surface area contributed by atoms with E-state index < -0.39 is 19.3 Å². The first-order valence-electron chi connectivity index (χ1n) is 8.67. The molecule has 6 heteroatoms. The van der Waals surface area contributed by atoms with Crippen molar-refractivity contribution < 1.29 is 13.4 Å². The van der Waals surface area contributed by atoms with Crippen molar-refractivity contribution in [3.8, 4) is 5.75 Å². The highest BCUT2D eigenvalue weighted by molar-refractivity contribution is 7.84. The maximum absolute atomic E-state index is 12.3. The molecule has 0 aromatic heterocycles. The zero-order chi connectivity index (χ0) is 19.3. The molecule has 0 aliphatic carbocycles. The molecule has 0 aliphatic heterocycles. The van der Waals surface area contributed by atoms with Gasteiger partial charge in [-0.15, -0.1) is 0 Å². The molecule has 1 rings (SSSR count). The highest BCUT2D eigenvalue weighted by Gasteiger charge is 2.39. The van der Waals surface area contributed by atoms with Gasteiger partial charge in [0.15, 0.2) is 14.1 Å². The monoisotopic (exact) mass is 383 g/mol. The predicted molar refractivity (Wildman–Crippen MR) is 108 cm³/mol. The SMILES string of the molecule is CC(C)(C)S(=O)NC[C@@H](COc1c#cccc1)O[Si](C)(C)C(C)(C)C. The highest BCUT2D eigenvalue weighted by Crippen LogP contribution is 2.37. The standard InChI is InChI=1S/C19H33NO3SSi/c1-18(2,3)24(21)20-14-17(23-25(7,8)19(4,5)6)15-22-16-12-10-9-11-13-16/h9-10,12,17,20H,14-15H2,1-8H3/t17-,24?/m0/s1. The number of nitrogens with one attached hydrogen (secondary N) is 1. The summed E-state index contributed by atoms with van der Waals surface area (Å²) in [7, 11) is -3.10. The average molecular weight is 384 g/mol. The Labute approximate surface area is 157 Å². The van der Waals surface area contributed by atoms with Crippen molar-refractivity contribution in [2.45, 2.75) is 70.5 Å². The van der Waals surface area contributed by atoms with Crippen molar-refractivity contribution in [2.24, 2.45) is 0 Å². The molecule has 2 atom stereocenters. The van der Waals surface area contributed by atoms with Crippen molar-refractivity contribution in [3.05, 3.63) is 30.3 Å². The van der Waals surface area contributed by atoms with E-state index in [9.17, 15) is 4.21 Å². The van der Waals surface area contributed by atoms with Crippen LogP contribution in [-0.2, 0) is 15.4 Å². The zero-order valence-electron chi connectivity index (χ0n) is 16.9. The molecule has 0 radical (unpaired) electrons. The van der Waals surface area contributed by atoms with Crippen molar-refractivity contribution in [3.63, 3.8) is 0 Å². The first kappa shape index (κ1) is 22.2. The van der Waals surface area contributed by atoms with Gasteiger partial charge in [0.25, 0.3) is 0 Å². The van der Waals surface area contributed by atoms with Crippen LogP contribution in [-0.4, -0.2) is 36.5 Å². The highest BCUT2D eigenvalue weighted by atomic mass is 32.2. The lowest BCUT2D eigenvalue weighted by atomic mass is 10.2. The van der Waals surface area contributed by atoms with Crippen molar-refractivity contribution in [1.82, 2.24) is 4.72 Å². The van der Waals surface area contributed by atoms with Crippen LogP contribution in [0.1, 0.15) is 41.5 Å². The summed E-state index contributed by atoms with van der Waals surface area (Å²) < 4.78 is 27.4.